The van der Waals surface area contributed by atoms with E-state index in [1.54, 1.807) is 0 Å². The molecular weight excluding hydrogens is 206 g/mol. The van der Waals surface area contributed by atoms with Crippen molar-refractivity contribution in [3.63, 3.8) is 0 Å². The molecule has 7 nitrogen and oxygen atoms in total. The Labute approximate surface area is 86.3 Å². The molecule has 7 heteroatoms. The fraction of sp³-hybridized carbons (Fsp3) is 0.750. The van der Waals surface area contributed by atoms with Gasteiger partial charge in [0, 0.05) is 6.92 Å². The first-order valence-corrected chi connectivity index (χ1v) is 4.27. The van der Waals surface area contributed by atoms with Crippen molar-refractivity contribution < 1.29 is 30.0 Å². The summed E-state index contributed by atoms with van der Waals surface area (Å²) in [5, 5.41) is 21.0. The zero-order chi connectivity index (χ0) is 10.9. The SMILES string of the molecule is CC(=O)N[C@@H]1C(=O)O[C@H](C)[C@@H](O)[C@@H]1O.O. The van der Waals surface area contributed by atoms with Crippen LogP contribution in [0.4, 0.5) is 0 Å². The molecule has 5 N–H and O–H groups in total. The molecule has 88 valence electrons. The van der Waals surface area contributed by atoms with E-state index in [9.17, 15) is 19.8 Å². The first-order chi connectivity index (χ1) is 6.43. The maximum atomic E-state index is 11.2. The second kappa shape index (κ2) is 5.06. The molecule has 0 spiro atoms. The fourth-order valence-corrected chi connectivity index (χ4v) is 1.30. The summed E-state index contributed by atoms with van der Waals surface area (Å²) in [4.78, 5) is 21.9. The molecule has 1 heterocycles. The van der Waals surface area contributed by atoms with Gasteiger partial charge >= 0.3 is 5.97 Å². The molecule has 1 aliphatic heterocycles. The van der Waals surface area contributed by atoms with Gasteiger partial charge in [0.1, 0.15) is 18.3 Å². The molecule has 0 saturated carbocycles. The second-order valence-electron chi connectivity index (χ2n) is 3.30. The summed E-state index contributed by atoms with van der Waals surface area (Å²) >= 11 is 0. The number of aliphatic hydroxyl groups excluding tert-OH is 2. The number of cyclic esters (lactones) is 1. The van der Waals surface area contributed by atoms with E-state index in [0.29, 0.717) is 0 Å². The quantitative estimate of drug-likeness (QED) is 0.416. The Balaban J connectivity index is 0.00000196. The van der Waals surface area contributed by atoms with E-state index in [-0.39, 0.29) is 5.48 Å². The number of nitrogens with one attached hydrogen (secondary N) is 1. The molecule has 1 rings (SSSR count). The van der Waals surface area contributed by atoms with Gasteiger partial charge in [-0.1, -0.05) is 0 Å². The number of amides is 1. The highest BCUT2D eigenvalue weighted by molar-refractivity contribution is 5.84. The number of esters is 1. The lowest BCUT2D eigenvalue weighted by Crippen LogP contribution is -2.60. The van der Waals surface area contributed by atoms with Gasteiger partial charge in [0.25, 0.3) is 0 Å². The minimum Gasteiger partial charge on any atom is -0.458 e. The number of aliphatic hydroxyl groups is 2. The number of hydrogen-bond donors (Lipinski definition) is 3. The Morgan fingerprint density at radius 3 is 2.40 bits per heavy atom. The standard InChI is InChI=1S/C8H13NO5.H2O/c1-3-6(11)7(12)5(8(13)14-3)9-4(2)10;/h3,5-7,11-12H,1-2H3,(H,9,10);1H2/t3-,5+,6-,7-;/m1./s1. The topological polar surface area (TPSA) is 127 Å². The summed E-state index contributed by atoms with van der Waals surface area (Å²) in [7, 11) is 0. The van der Waals surface area contributed by atoms with Gasteiger partial charge in [0.05, 0.1) is 0 Å². The minimum absolute atomic E-state index is 0. The summed E-state index contributed by atoms with van der Waals surface area (Å²) in [6.45, 7) is 2.68. The molecule has 1 saturated heterocycles. The fourth-order valence-electron chi connectivity index (χ4n) is 1.30. The van der Waals surface area contributed by atoms with Crippen LogP contribution in [0.15, 0.2) is 0 Å². The van der Waals surface area contributed by atoms with Crippen molar-refractivity contribution in [1.29, 1.82) is 0 Å². The number of ether oxygens (including phenoxy) is 1. The smallest absolute Gasteiger partial charge is 0.331 e. The van der Waals surface area contributed by atoms with E-state index in [0.717, 1.165) is 0 Å². The molecule has 15 heavy (non-hydrogen) atoms. The summed E-state index contributed by atoms with van der Waals surface area (Å²) in [5.74, 6) is -1.20. The van der Waals surface area contributed by atoms with Crippen molar-refractivity contribution in [2.45, 2.75) is 38.2 Å². The van der Waals surface area contributed by atoms with Crippen LogP contribution in [0.25, 0.3) is 0 Å². The molecule has 1 fully saturated rings. The van der Waals surface area contributed by atoms with Crippen molar-refractivity contribution in [2.75, 3.05) is 0 Å². The Bertz CT molecular complexity index is 256. The largest absolute Gasteiger partial charge is 0.458 e. The Morgan fingerprint density at radius 2 is 1.93 bits per heavy atom. The van der Waals surface area contributed by atoms with Crippen molar-refractivity contribution in [2.24, 2.45) is 0 Å². The van der Waals surface area contributed by atoms with Crippen LogP contribution in [0, 0.1) is 0 Å². The molecule has 4 atom stereocenters. The van der Waals surface area contributed by atoms with E-state index in [2.05, 4.69) is 5.32 Å². The Morgan fingerprint density at radius 1 is 1.40 bits per heavy atom. The highest BCUT2D eigenvalue weighted by atomic mass is 16.6. The number of rotatable bonds is 1. The highest BCUT2D eigenvalue weighted by Gasteiger charge is 2.42. The van der Waals surface area contributed by atoms with Crippen molar-refractivity contribution in [1.82, 2.24) is 5.32 Å². The van der Waals surface area contributed by atoms with Crippen molar-refractivity contribution >= 4 is 11.9 Å². The summed E-state index contributed by atoms with van der Waals surface area (Å²) in [5.41, 5.74) is 0. The van der Waals surface area contributed by atoms with E-state index < -0.39 is 36.2 Å². The average Bonchev–Trinajstić information content (AvgIpc) is 2.09. The zero-order valence-corrected chi connectivity index (χ0v) is 8.43. The van der Waals surface area contributed by atoms with Crippen molar-refractivity contribution in [3.05, 3.63) is 0 Å². The third-order valence-corrected chi connectivity index (χ3v) is 2.09. The average molecular weight is 221 g/mol. The van der Waals surface area contributed by atoms with Crippen LogP contribution in [-0.2, 0) is 14.3 Å². The third kappa shape index (κ3) is 2.88. The predicted octanol–water partition coefficient (Wildman–Crippen LogP) is -2.67. The summed E-state index contributed by atoms with van der Waals surface area (Å²) < 4.78 is 4.72. The molecule has 1 aliphatic rings. The van der Waals surface area contributed by atoms with Gasteiger partial charge in [-0.3, -0.25) is 4.79 Å². The van der Waals surface area contributed by atoms with Crippen LogP contribution < -0.4 is 5.32 Å². The molecule has 0 unspecified atom stereocenters. The van der Waals surface area contributed by atoms with Gasteiger partial charge in [-0.25, -0.2) is 4.79 Å². The van der Waals surface area contributed by atoms with Gasteiger partial charge in [-0.2, -0.15) is 0 Å². The zero-order valence-electron chi connectivity index (χ0n) is 8.43. The third-order valence-electron chi connectivity index (χ3n) is 2.09. The lowest BCUT2D eigenvalue weighted by Gasteiger charge is -2.34. The number of carbonyl (C=O) groups excluding carboxylic acids is 2. The van der Waals surface area contributed by atoms with E-state index >= 15 is 0 Å². The van der Waals surface area contributed by atoms with E-state index in [4.69, 9.17) is 4.74 Å². The Hall–Kier alpha value is -1.18. The first-order valence-electron chi connectivity index (χ1n) is 4.27. The van der Waals surface area contributed by atoms with Crippen LogP contribution >= 0.6 is 0 Å². The maximum Gasteiger partial charge on any atom is 0.331 e. The Kier molecular flexibility index (Phi) is 4.66. The molecule has 0 aromatic carbocycles. The molecule has 0 bridgehead atoms. The monoisotopic (exact) mass is 221 g/mol. The second-order valence-corrected chi connectivity index (χ2v) is 3.30. The molecule has 0 aromatic heterocycles. The molecule has 0 aliphatic carbocycles. The van der Waals surface area contributed by atoms with Gasteiger partial charge in [-0.05, 0) is 6.92 Å². The van der Waals surface area contributed by atoms with Gasteiger partial charge in [-0.15, -0.1) is 0 Å². The first kappa shape index (κ1) is 13.8. The van der Waals surface area contributed by atoms with Crippen LogP contribution in [0.2, 0.25) is 0 Å². The minimum atomic E-state index is -1.32. The summed E-state index contributed by atoms with van der Waals surface area (Å²) in [6, 6.07) is -1.18. The van der Waals surface area contributed by atoms with Gasteiger partial charge < -0.3 is 25.7 Å². The van der Waals surface area contributed by atoms with Gasteiger partial charge in [0.2, 0.25) is 5.91 Å². The molecule has 1 amide bonds. The molecule has 0 radical (unpaired) electrons. The number of carbonyl (C=O) groups is 2. The van der Waals surface area contributed by atoms with Crippen LogP contribution in [0.5, 0.6) is 0 Å². The lowest BCUT2D eigenvalue weighted by molar-refractivity contribution is -0.182. The predicted molar refractivity (Wildman–Crippen MR) is 48.8 cm³/mol. The van der Waals surface area contributed by atoms with Crippen molar-refractivity contribution in [3.8, 4) is 0 Å². The lowest BCUT2D eigenvalue weighted by atomic mass is 9.98. The molecule has 0 aromatic rings. The maximum absolute atomic E-state index is 11.2. The summed E-state index contributed by atoms with van der Waals surface area (Å²) in [6.07, 6.45) is -3.26. The normalized spacial score (nSPS) is 35.1. The van der Waals surface area contributed by atoms with Crippen LogP contribution in [0.3, 0.4) is 0 Å². The van der Waals surface area contributed by atoms with Crippen LogP contribution in [-0.4, -0.2) is 51.9 Å². The highest BCUT2D eigenvalue weighted by Crippen LogP contribution is 2.16. The van der Waals surface area contributed by atoms with Gasteiger partial charge in [0.15, 0.2) is 6.04 Å². The van der Waals surface area contributed by atoms with E-state index in [1.807, 2.05) is 0 Å². The number of hydrogen-bond acceptors (Lipinski definition) is 5. The molecular formula is C8H15NO6. The van der Waals surface area contributed by atoms with E-state index in [1.165, 1.54) is 13.8 Å². The van der Waals surface area contributed by atoms with Crippen LogP contribution in [0.1, 0.15) is 13.8 Å².